The number of carboxylic acid groups (broad SMARTS) is 1. The number of hydrogen-bond acceptors (Lipinski definition) is 1. The minimum absolute atomic E-state index is 0.394. The zero-order valence-electron chi connectivity index (χ0n) is 10.8. The molecule has 0 aliphatic rings. The van der Waals surface area contributed by atoms with Crippen LogP contribution in [0.3, 0.4) is 0 Å². The molecular weight excluding hydrogens is 202 g/mol. The van der Waals surface area contributed by atoms with Gasteiger partial charge in [0.25, 0.3) is 0 Å². The maximum atomic E-state index is 11.0. The van der Waals surface area contributed by atoms with E-state index < -0.39 is 5.97 Å². The number of aryl methyl sites for hydroxylation is 1. The van der Waals surface area contributed by atoms with Crippen LogP contribution < -0.4 is 0 Å². The number of carbonyl (C=O) groups is 1. The third kappa shape index (κ3) is 2.75. The van der Waals surface area contributed by atoms with Crippen LogP contribution in [0.2, 0.25) is 0 Å². The highest BCUT2D eigenvalue weighted by Gasteiger charge is 2.18. The predicted octanol–water partition coefficient (Wildman–Crippen LogP) is 3.64. The zero-order chi connectivity index (χ0) is 12.9. The van der Waals surface area contributed by atoms with Crippen molar-refractivity contribution in [2.24, 2.45) is 0 Å². The molecule has 1 rings (SSSR count). The Balaban J connectivity index is 0.00000106. The fourth-order valence-electron chi connectivity index (χ4n) is 1.68. The van der Waals surface area contributed by atoms with Crippen molar-refractivity contribution in [3.05, 3.63) is 29.1 Å². The molecule has 3 heteroatoms. The first-order valence-electron chi connectivity index (χ1n) is 5.59. The molecular formula is C13H21NO2. The van der Waals surface area contributed by atoms with E-state index in [-0.39, 0.29) is 0 Å². The first-order valence-corrected chi connectivity index (χ1v) is 5.59. The average molecular weight is 223 g/mol. The van der Waals surface area contributed by atoms with Crippen molar-refractivity contribution in [3.63, 3.8) is 0 Å². The lowest BCUT2D eigenvalue weighted by Gasteiger charge is -2.01. The first kappa shape index (κ1) is 14.5. The molecule has 0 atom stereocenters. The summed E-state index contributed by atoms with van der Waals surface area (Å²) in [6, 6.07) is 0. The second-order valence-electron chi connectivity index (χ2n) is 3.42. The van der Waals surface area contributed by atoms with Crippen molar-refractivity contribution in [2.75, 3.05) is 0 Å². The van der Waals surface area contributed by atoms with Crippen LogP contribution >= 0.6 is 0 Å². The number of allylic oxidation sites excluding steroid dienone is 1. The third-order valence-corrected chi connectivity index (χ3v) is 2.29. The molecule has 0 bridgehead atoms. The Morgan fingerprint density at radius 3 is 2.25 bits per heavy atom. The molecule has 90 valence electrons. The van der Waals surface area contributed by atoms with Gasteiger partial charge < -0.3 is 10.1 Å². The number of rotatable bonds is 3. The molecule has 0 aromatic carbocycles. The minimum Gasteiger partial charge on any atom is -0.478 e. The first-order chi connectivity index (χ1) is 7.49. The van der Waals surface area contributed by atoms with Gasteiger partial charge in [0.1, 0.15) is 0 Å². The monoisotopic (exact) mass is 223 g/mol. The highest BCUT2D eigenvalue weighted by Crippen LogP contribution is 2.24. The summed E-state index contributed by atoms with van der Waals surface area (Å²) in [7, 11) is 0. The summed E-state index contributed by atoms with van der Waals surface area (Å²) in [5.41, 5.74) is 3.68. The van der Waals surface area contributed by atoms with Gasteiger partial charge in [-0.05, 0) is 31.4 Å². The number of nitrogens with one attached hydrogen (secondary N) is 1. The molecule has 3 nitrogen and oxygen atoms in total. The summed E-state index contributed by atoms with van der Waals surface area (Å²) in [6.45, 7) is 13.4. The van der Waals surface area contributed by atoms with Crippen LogP contribution in [0.25, 0.3) is 5.57 Å². The van der Waals surface area contributed by atoms with Crippen molar-refractivity contribution in [1.29, 1.82) is 0 Å². The smallest absolute Gasteiger partial charge is 0.337 e. The average Bonchev–Trinajstić information content (AvgIpc) is 2.58. The van der Waals surface area contributed by atoms with E-state index in [1.165, 1.54) is 0 Å². The van der Waals surface area contributed by atoms with Crippen molar-refractivity contribution >= 4 is 11.5 Å². The fourth-order valence-corrected chi connectivity index (χ4v) is 1.68. The van der Waals surface area contributed by atoms with Crippen LogP contribution in [0.4, 0.5) is 0 Å². The van der Waals surface area contributed by atoms with Gasteiger partial charge in [-0.2, -0.15) is 0 Å². The van der Waals surface area contributed by atoms with Gasteiger partial charge in [-0.3, -0.25) is 0 Å². The van der Waals surface area contributed by atoms with E-state index in [2.05, 4.69) is 11.6 Å². The Bertz CT molecular complexity index is 389. The van der Waals surface area contributed by atoms with Crippen molar-refractivity contribution in [3.8, 4) is 0 Å². The largest absolute Gasteiger partial charge is 0.478 e. The lowest BCUT2D eigenvalue weighted by atomic mass is 10.0. The van der Waals surface area contributed by atoms with Gasteiger partial charge in [0, 0.05) is 11.4 Å². The van der Waals surface area contributed by atoms with Crippen LogP contribution in [-0.2, 0) is 6.42 Å². The van der Waals surface area contributed by atoms with Gasteiger partial charge in [0.05, 0.1) is 5.56 Å². The molecule has 16 heavy (non-hydrogen) atoms. The molecule has 0 radical (unpaired) electrons. The molecule has 2 N–H and O–H groups in total. The van der Waals surface area contributed by atoms with E-state index in [9.17, 15) is 4.79 Å². The van der Waals surface area contributed by atoms with Crippen molar-refractivity contribution in [1.82, 2.24) is 4.98 Å². The van der Waals surface area contributed by atoms with E-state index in [1.54, 1.807) is 6.92 Å². The van der Waals surface area contributed by atoms with E-state index >= 15 is 0 Å². The highest BCUT2D eigenvalue weighted by atomic mass is 16.4. The van der Waals surface area contributed by atoms with Gasteiger partial charge in [-0.1, -0.05) is 27.4 Å². The maximum absolute atomic E-state index is 11.0. The van der Waals surface area contributed by atoms with E-state index in [4.69, 9.17) is 5.11 Å². The SMILES string of the molecule is C=C(C)c1[nH]c(C)c(C(=O)O)c1CC.CC. The van der Waals surface area contributed by atoms with E-state index in [1.807, 2.05) is 27.7 Å². The normalized spacial score (nSPS) is 9.31. The van der Waals surface area contributed by atoms with E-state index in [0.29, 0.717) is 17.7 Å². The molecule has 0 fully saturated rings. The Kier molecular flexibility index (Phi) is 5.57. The zero-order valence-corrected chi connectivity index (χ0v) is 10.8. The molecule has 0 aliphatic carbocycles. The van der Waals surface area contributed by atoms with Gasteiger partial charge in [-0.15, -0.1) is 0 Å². The molecule has 0 saturated carbocycles. The van der Waals surface area contributed by atoms with Crippen LogP contribution in [0.15, 0.2) is 6.58 Å². The molecule has 0 spiro atoms. The summed E-state index contributed by atoms with van der Waals surface area (Å²) in [5.74, 6) is -0.872. The molecule has 1 aromatic heterocycles. The molecule has 1 aromatic rings. The quantitative estimate of drug-likeness (QED) is 0.821. The second-order valence-corrected chi connectivity index (χ2v) is 3.42. The number of carboxylic acids is 1. The number of H-pyrrole nitrogens is 1. The Morgan fingerprint density at radius 2 is 1.94 bits per heavy atom. The minimum atomic E-state index is -0.872. The molecule has 1 heterocycles. The summed E-state index contributed by atoms with van der Waals surface area (Å²) < 4.78 is 0. The Labute approximate surface area is 97.2 Å². The number of aromatic nitrogens is 1. The second kappa shape index (κ2) is 6.16. The van der Waals surface area contributed by atoms with Crippen molar-refractivity contribution in [2.45, 2.75) is 41.0 Å². The van der Waals surface area contributed by atoms with Crippen LogP contribution in [0.5, 0.6) is 0 Å². The van der Waals surface area contributed by atoms with Gasteiger partial charge in [-0.25, -0.2) is 4.79 Å². The van der Waals surface area contributed by atoms with Crippen LogP contribution in [-0.4, -0.2) is 16.1 Å². The van der Waals surface area contributed by atoms with Crippen LogP contribution in [0, 0.1) is 6.92 Å². The standard InChI is InChI=1S/C11H15NO2.C2H6/c1-5-8-9(11(13)14)7(4)12-10(8)6(2)3;1-2/h12H,2,5H2,1,3-4H3,(H,13,14);1-2H3. The maximum Gasteiger partial charge on any atom is 0.337 e. The summed E-state index contributed by atoms with van der Waals surface area (Å²) >= 11 is 0. The summed E-state index contributed by atoms with van der Waals surface area (Å²) in [5, 5.41) is 9.02. The Hall–Kier alpha value is -1.51. The molecule has 0 amide bonds. The number of hydrogen-bond donors (Lipinski definition) is 2. The third-order valence-electron chi connectivity index (χ3n) is 2.29. The van der Waals surface area contributed by atoms with E-state index in [0.717, 1.165) is 16.8 Å². The lowest BCUT2D eigenvalue weighted by molar-refractivity contribution is 0.0695. The van der Waals surface area contributed by atoms with Gasteiger partial charge >= 0.3 is 5.97 Å². The van der Waals surface area contributed by atoms with Gasteiger partial charge in [0.2, 0.25) is 0 Å². The van der Waals surface area contributed by atoms with Crippen LogP contribution in [0.1, 0.15) is 55.0 Å². The highest BCUT2D eigenvalue weighted by molar-refractivity contribution is 5.92. The molecule has 0 unspecified atom stereocenters. The number of aromatic carboxylic acids is 1. The van der Waals surface area contributed by atoms with Crippen molar-refractivity contribution < 1.29 is 9.90 Å². The lowest BCUT2D eigenvalue weighted by Crippen LogP contribution is -2.01. The summed E-state index contributed by atoms with van der Waals surface area (Å²) in [6.07, 6.45) is 0.703. The Morgan fingerprint density at radius 1 is 1.44 bits per heavy atom. The summed E-state index contributed by atoms with van der Waals surface area (Å²) in [4.78, 5) is 14.1. The topological polar surface area (TPSA) is 53.1 Å². The molecule has 0 aliphatic heterocycles. The number of aromatic amines is 1. The van der Waals surface area contributed by atoms with Gasteiger partial charge in [0.15, 0.2) is 0 Å². The fraction of sp³-hybridized carbons (Fsp3) is 0.462. The predicted molar refractivity (Wildman–Crippen MR) is 67.9 cm³/mol. The molecule has 0 saturated heterocycles.